The van der Waals surface area contributed by atoms with Gasteiger partial charge in [-0.15, -0.1) is 11.3 Å². The van der Waals surface area contributed by atoms with Crippen LogP contribution in [0.4, 0.5) is 0 Å². The van der Waals surface area contributed by atoms with Gasteiger partial charge >= 0.3 is 5.63 Å². The maximum Gasteiger partial charge on any atom is 0.357 e. The van der Waals surface area contributed by atoms with E-state index < -0.39 is 0 Å². The Morgan fingerprint density at radius 3 is 2.80 bits per heavy atom. The monoisotopic (exact) mass is 292 g/mol. The number of thiophene rings is 1. The summed E-state index contributed by atoms with van der Waals surface area (Å²) in [5, 5.41) is 1.96. The largest absolute Gasteiger partial charge is 0.406 e. The van der Waals surface area contributed by atoms with Gasteiger partial charge < -0.3 is 4.42 Å². The van der Waals surface area contributed by atoms with Crippen molar-refractivity contribution in [1.29, 1.82) is 0 Å². The molecule has 3 heterocycles. The van der Waals surface area contributed by atoms with Crippen molar-refractivity contribution in [3.8, 4) is 0 Å². The standard InChI is InChI=1S/C15H20N2O2S/c1-10-9-20-13-12(10)16-11(19-14(13)18)8-17-6-4-15(2,3)5-7-17/h9H,4-8H2,1-3H3. The van der Waals surface area contributed by atoms with Gasteiger partial charge in [0.05, 0.1) is 12.1 Å². The van der Waals surface area contributed by atoms with Crippen molar-refractivity contribution in [2.24, 2.45) is 5.41 Å². The van der Waals surface area contributed by atoms with Gasteiger partial charge in [-0.1, -0.05) is 13.8 Å². The van der Waals surface area contributed by atoms with Gasteiger partial charge in [0, 0.05) is 0 Å². The van der Waals surface area contributed by atoms with Gasteiger partial charge in [0.15, 0.2) is 0 Å². The summed E-state index contributed by atoms with van der Waals surface area (Å²) < 4.78 is 5.99. The van der Waals surface area contributed by atoms with Crippen molar-refractivity contribution >= 4 is 21.6 Å². The number of hydrogen-bond donors (Lipinski definition) is 0. The zero-order valence-electron chi connectivity index (χ0n) is 12.2. The van der Waals surface area contributed by atoms with Crippen LogP contribution in [0, 0.1) is 12.3 Å². The fourth-order valence-electron chi connectivity index (χ4n) is 2.60. The average Bonchev–Trinajstić information content (AvgIpc) is 2.75. The van der Waals surface area contributed by atoms with Crippen molar-refractivity contribution in [2.75, 3.05) is 13.1 Å². The number of hydrogen-bond acceptors (Lipinski definition) is 5. The molecular formula is C15H20N2O2S. The van der Waals surface area contributed by atoms with Crippen molar-refractivity contribution in [2.45, 2.75) is 40.2 Å². The van der Waals surface area contributed by atoms with Crippen molar-refractivity contribution in [3.63, 3.8) is 0 Å². The van der Waals surface area contributed by atoms with E-state index in [0.717, 1.165) is 24.2 Å². The minimum absolute atomic E-state index is 0.250. The summed E-state index contributed by atoms with van der Waals surface area (Å²) in [5.41, 5.74) is 2.04. The number of piperidine rings is 1. The van der Waals surface area contributed by atoms with Crippen LogP contribution in [0.25, 0.3) is 10.2 Å². The first-order valence-corrected chi connectivity index (χ1v) is 7.93. The second-order valence-electron chi connectivity index (χ2n) is 6.43. The van der Waals surface area contributed by atoms with Gasteiger partial charge in [-0.05, 0) is 49.2 Å². The number of fused-ring (bicyclic) bond motifs is 1. The molecule has 20 heavy (non-hydrogen) atoms. The number of nitrogens with zero attached hydrogens (tertiary/aromatic N) is 2. The molecule has 0 aromatic carbocycles. The van der Waals surface area contributed by atoms with E-state index in [0.29, 0.717) is 22.6 Å². The van der Waals surface area contributed by atoms with Crippen LogP contribution >= 0.6 is 11.3 Å². The Balaban J connectivity index is 1.81. The van der Waals surface area contributed by atoms with Crippen molar-refractivity contribution < 1.29 is 4.42 Å². The molecule has 2 aromatic rings. The van der Waals surface area contributed by atoms with Crippen LogP contribution in [0.15, 0.2) is 14.6 Å². The summed E-state index contributed by atoms with van der Waals surface area (Å²) in [6, 6.07) is 0. The van der Waals surface area contributed by atoms with E-state index in [2.05, 4.69) is 23.7 Å². The molecule has 1 aliphatic rings. The molecule has 4 nitrogen and oxygen atoms in total. The minimum Gasteiger partial charge on any atom is -0.406 e. The van der Waals surface area contributed by atoms with E-state index in [4.69, 9.17) is 4.42 Å². The zero-order valence-corrected chi connectivity index (χ0v) is 13.0. The number of aryl methyl sites for hydroxylation is 1. The fraction of sp³-hybridized carbons (Fsp3) is 0.600. The van der Waals surface area contributed by atoms with Crippen LogP contribution in [0.2, 0.25) is 0 Å². The Morgan fingerprint density at radius 1 is 1.40 bits per heavy atom. The fourth-order valence-corrected chi connectivity index (χ4v) is 3.46. The lowest BCUT2D eigenvalue weighted by atomic mass is 9.83. The quantitative estimate of drug-likeness (QED) is 0.853. The molecule has 0 saturated carbocycles. The predicted octanol–water partition coefficient (Wildman–Crippen LogP) is 3.18. The highest BCUT2D eigenvalue weighted by Crippen LogP contribution is 2.30. The van der Waals surface area contributed by atoms with Gasteiger partial charge in [0.25, 0.3) is 0 Å². The van der Waals surface area contributed by atoms with Gasteiger partial charge in [-0.3, -0.25) is 4.90 Å². The highest BCUT2D eigenvalue weighted by Gasteiger charge is 2.26. The highest BCUT2D eigenvalue weighted by atomic mass is 32.1. The van der Waals surface area contributed by atoms with E-state index in [1.54, 1.807) is 0 Å². The van der Waals surface area contributed by atoms with Crippen LogP contribution in [0.1, 0.15) is 38.1 Å². The molecule has 2 aromatic heterocycles. The van der Waals surface area contributed by atoms with Gasteiger partial charge in [0.2, 0.25) is 5.89 Å². The molecule has 1 fully saturated rings. The molecule has 5 heteroatoms. The number of aromatic nitrogens is 1. The Labute approximate surface area is 122 Å². The Hall–Kier alpha value is -1.20. The summed E-state index contributed by atoms with van der Waals surface area (Å²) in [6.45, 7) is 9.32. The Morgan fingerprint density at radius 2 is 2.10 bits per heavy atom. The molecule has 3 rings (SSSR count). The molecule has 0 bridgehead atoms. The molecule has 1 aliphatic heterocycles. The second kappa shape index (κ2) is 4.97. The maximum atomic E-state index is 11.9. The van der Waals surface area contributed by atoms with Gasteiger partial charge in [-0.25, -0.2) is 9.78 Å². The Kier molecular flexibility index (Phi) is 3.42. The lowest BCUT2D eigenvalue weighted by Gasteiger charge is -2.36. The van der Waals surface area contributed by atoms with E-state index in [1.165, 1.54) is 24.2 Å². The molecular weight excluding hydrogens is 272 g/mol. The van der Waals surface area contributed by atoms with Gasteiger partial charge in [0.1, 0.15) is 4.70 Å². The summed E-state index contributed by atoms with van der Waals surface area (Å²) in [5.74, 6) is 0.545. The third-order valence-electron chi connectivity index (χ3n) is 4.14. The van der Waals surface area contributed by atoms with Crippen LogP contribution in [-0.4, -0.2) is 23.0 Å². The van der Waals surface area contributed by atoms with E-state index in [9.17, 15) is 4.79 Å². The molecule has 0 amide bonds. The summed E-state index contributed by atoms with van der Waals surface area (Å²) in [4.78, 5) is 18.8. The first-order chi connectivity index (χ1) is 9.44. The van der Waals surface area contributed by atoms with E-state index >= 15 is 0 Å². The van der Waals surface area contributed by atoms with Crippen molar-refractivity contribution in [3.05, 3.63) is 27.3 Å². The molecule has 0 atom stereocenters. The summed E-state index contributed by atoms with van der Waals surface area (Å²) in [7, 11) is 0. The van der Waals surface area contributed by atoms with E-state index in [1.807, 2.05) is 12.3 Å². The first-order valence-electron chi connectivity index (χ1n) is 7.05. The molecule has 0 aliphatic carbocycles. The molecule has 1 saturated heterocycles. The minimum atomic E-state index is -0.250. The van der Waals surface area contributed by atoms with Crippen LogP contribution in [0.3, 0.4) is 0 Å². The van der Waals surface area contributed by atoms with Crippen LogP contribution in [0.5, 0.6) is 0 Å². The molecule has 0 N–H and O–H groups in total. The third-order valence-corrected chi connectivity index (χ3v) is 5.21. The predicted molar refractivity (Wildman–Crippen MR) is 81.2 cm³/mol. The van der Waals surface area contributed by atoms with Crippen LogP contribution in [-0.2, 0) is 6.54 Å². The van der Waals surface area contributed by atoms with Gasteiger partial charge in [-0.2, -0.15) is 0 Å². The van der Waals surface area contributed by atoms with Crippen LogP contribution < -0.4 is 5.63 Å². The summed E-state index contributed by atoms with van der Waals surface area (Å²) in [6.07, 6.45) is 2.36. The lowest BCUT2D eigenvalue weighted by molar-refractivity contribution is 0.117. The normalized spacial score (nSPS) is 19.6. The first kappa shape index (κ1) is 13.8. The molecule has 0 unspecified atom stereocenters. The molecule has 0 spiro atoms. The topological polar surface area (TPSA) is 46.3 Å². The Bertz CT molecular complexity index is 677. The number of likely N-dealkylation sites (tertiary alicyclic amines) is 1. The second-order valence-corrected chi connectivity index (χ2v) is 7.31. The third kappa shape index (κ3) is 2.65. The maximum absolute atomic E-state index is 11.9. The van der Waals surface area contributed by atoms with E-state index in [-0.39, 0.29) is 5.63 Å². The number of rotatable bonds is 2. The SMILES string of the molecule is Cc1csc2c(=O)oc(CN3CCC(C)(C)CC3)nc12. The average molecular weight is 292 g/mol. The van der Waals surface area contributed by atoms with Crippen molar-refractivity contribution in [1.82, 2.24) is 9.88 Å². The molecule has 0 radical (unpaired) electrons. The smallest absolute Gasteiger partial charge is 0.357 e. The zero-order chi connectivity index (χ0) is 14.3. The highest BCUT2D eigenvalue weighted by molar-refractivity contribution is 7.17. The summed E-state index contributed by atoms with van der Waals surface area (Å²) >= 11 is 1.41. The molecule has 108 valence electrons. The lowest BCUT2D eigenvalue weighted by Crippen LogP contribution is -2.37.